The largest absolute Gasteiger partial charge is 0.352 e. The van der Waals surface area contributed by atoms with Crippen molar-refractivity contribution < 1.29 is 0 Å². The highest BCUT2D eigenvalue weighted by Gasteiger charge is 2.16. The van der Waals surface area contributed by atoms with Gasteiger partial charge in [0.1, 0.15) is 0 Å². The Bertz CT molecular complexity index is 1020. The first kappa shape index (κ1) is 18.6. The molecule has 0 radical (unpaired) electrons. The lowest BCUT2D eigenvalue weighted by molar-refractivity contribution is 1.25. The lowest BCUT2D eigenvalue weighted by Crippen LogP contribution is -2.14. The van der Waals surface area contributed by atoms with Crippen molar-refractivity contribution in [2.45, 2.75) is 0 Å². The molecule has 0 aliphatic heterocycles. The van der Waals surface area contributed by atoms with E-state index in [2.05, 4.69) is 86.0 Å². The summed E-state index contributed by atoms with van der Waals surface area (Å²) in [7, 11) is 3.16. The molecule has 4 aromatic rings. The van der Waals surface area contributed by atoms with Gasteiger partial charge in [-0.25, -0.2) is 4.98 Å². The Morgan fingerprint density at radius 1 is 0.750 bits per heavy atom. The SMILES string of the molecule is Pc1ccc(PN(c2ccccc2)c2ncccc2Nc2ccccc2)cc1. The molecule has 0 spiro atoms. The number of aromatic nitrogens is 1. The summed E-state index contributed by atoms with van der Waals surface area (Å²) in [5.74, 6) is 0.908. The third kappa shape index (κ3) is 4.57. The van der Waals surface area contributed by atoms with Gasteiger partial charge in [-0.15, -0.1) is 9.24 Å². The van der Waals surface area contributed by atoms with Crippen LogP contribution in [0.3, 0.4) is 0 Å². The molecule has 28 heavy (non-hydrogen) atoms. The minimum atomic E-state index is 0.425. The van der Waals surface area contributed by atoms with E-state index < -0.39 is 0 Å². The van der Waals surface area contributed by atoms with Crippen molar-refractivity contribution in [2.24, 2.45) is 0 Å². The number of para-hydroxylation sites is 2. The summed E-state index contributed by atoms with van der Waals surface area (Å²) in [6, 6.07) is 33.2. The zero-order valence-electron chi connectivity index (χ0n) is 15.3. The van der Waals surface area contributed by atoms with Gasteiger partial charge in [0.05, 0.1) is 5.69 Å². The van der Waals surface area contributed by atoms with Crippen LogP contribution in [0, 0.1) is 0 Å². The average Bonchev–Trinajstić information content (AvgIpc) is 2.75. The Kier molecular flexibility index (Phi) is 5.97. The third-order valence-corrected chi connectivity index (χ3v) is 5.89. The zero-order valence-corrected chi connectivity index (χ0v) is 17.4. The second-order valence-electron chi connectivity index (χ2n) is 6.27. The van der Waals surface area contributed by atoms with Crippen LogP contribution >= 0.6 is 18.0 Å². The van der Waals surface area contributed by atoms with Crippen molar-refractivity contribution in [3.05, 3.63) is 103 Å². The summed E-state index contributed by atoms with van der Waals surface area (Å²) in [4.78, 5) is 4.73. The molecule has 0 saturated heterocycles. The van der Waals surface area contributed by atoms with E-state index in [1.165, 1.54) is 10.6 Å². The molecular weight excluding hydrogens is 380 g/mol. The molecule has 1 aromatic heterocycles. The molecular formula is C23H21N3P2. The van der Waals surface area contributed by atoms with Gasteiger partial charge in [-0.2, -0.15) is 0 Å². The molecule has 4 rings (SSSR count). The zero-order chi connectivity index (χ0) is 19.2. The average molecular weight is 401 g/mol. The molecule has 1 N–H and O–H groups in total. The van der Waals surface area contributed by atoms with Crippen molar-refractivity contribution in [2.75, 3.05) is 9.99 Å². The summed E-state index contributed by atoms with van der Waals surface area (Å²) >= 11 is 0. The maximum absolute atomic E-state index is 4.73. The van der Waals surface area contributed by atoms with E-state index in [9.17, 15) is 0 Å². The number of benzene rings is 3. The number of rotatable bonds is 6. The van der Waals surface area contributed by atoms with E-state index in [1.807, 2.05) is 36.5 Å². The maximum Gasteiger partial charge on any atom is 0.160 e. The van der Waals surface area contributed by atoms with Gasteiger partial charge >= 0.3 is 0 Å². The molecule has 1 heterocycles. The third-order valence-electron chi connectivity index (χ3n) is 4.22. The number of anilines is 4. The van der Waals surface area contributed by atoms with Crippen LogP contribution < -0.4 is 20.6 Å². The van der Waals surface area contributed by atoms with Crippen LogP contribution in [0.4, 0.5) is 22.9 Å². The van der Waals surface area contributed by atoms with Crippen molar-refractivity contribution in [3.8, 4) is 0 Å². The normalized spacial score (nSPS) is 10.9. The molecule has 5 heteroatoms. The fourth-order valence-electron chi connectivity index (χ4n) is 2.85. The molecule has 3 nitrogen and oxygen atoms in total. The Labute approximate surface area is 169 Å². The van der Waals surface area contributed by atoms with Crippen LogP contribution in [-0.4, -0.2) is 4.98 Å². The second-order valence-corrected chi connectivity index (χ2v) is 8.19. The van der Waals surface area contributed by atoms with Crippen LogP contribution in [0.15, 0.2) is 103 Å². The Morgan fingerprint density at radius 3 is 2.14 bits per heavy atom. The van der Waals surface area contributed by atoms with E-state index in [4.69, 9.17) is 4.98 Å². The van der Waals surface area contributed by atoms with E-state index in [1.54, 1.807) is 0 Å². The minimum absolute atomic E-state index is 0.425. The van der Waals surface area contributed by atoms with Crippen LogP contribution in [0.1, 0.15) is 0 Å². The van der Waals surface area contributed by atoms with Gasteiger partial charge in [0.2, 0.25) is 0 Å². The fourth-order valence-corrected chi connectivity index (χ4v) is 4.18. The quantitative estimate of drug-likeness (QED) is 0.440. The molecule has 0 fully saturated rings. The highest BCUT2D eigenvalue weighted by molar-refractivity contribution is 7.49. The second kappa shape index (κ2) is 8.97. The van der Waals surface area contributed by atoms with Gasteiger partial charge in [0.25, 0.3) is 0 Å². The van der Waals surface area contributed by atoms with Crippen molar-refractivity contribution in [1.82, 2.24) is 4.98 Å². The monoisotopic (exact) mass is 401 g/mol. The number of nitrogens with one attached hydrogen (secondary N) is 1. The predicted molar refractivity (Wildman–Crippen MR) is 126 cm³/mol. The Hall–Kier alpha value is -2.73. The van der Waals surface area contributed by atoms with E-state index >= 15 is 0 Å². The van der Waals surface area contributed by atoms with Crippen molar-refractivity contribution in [3.63, 3.8) is 0 Å². The molecule has 3 aromatic carbocycles. The number of nitrogens with zero attached hydrogens (tertiary/aromatic N) is 2. The van der Waals surface area contributed by atoms with Crippen LogP contribution in [0.5, 0.6) is 0 Å². The predicted octanol–water partition coefficient (Wildman–Crippen LogP) is 5.38. The molecule has 0 saturated carbocycles. The Balaban J connectivity index is 1.73. The lowest BCUT2D eigenvalue weighted by atomic mass is 10.3. The minimum Gasteiger partial charge on any atom is -0.352 e. The molecule has 138 valence electrons. The van der Waals surface area contributed by atoms with Crippen LogP contribution in [-0.2, 0) is 0 Å². The lowest BCUT2D eigenvalue weighted by Gasteiger charge is -2.26. The first-order valence-electron chi connectivity index (χ1n) is 9.04. The van der Waals surface area contributed by atoms with Crippen LogP contribution in [0.25, 0.3) is 0 Å². The number of hydrogen-bond acceptors (Lipinski definition) is 3. The molecule has 0 bridgehead atoms. The molecule has 0 amide bonds. The van der Waals surface area contributed by atoms with E-state index in [0.29, 0.717) is 8.73 Å². The van der Waals surface area contributed by atoms with E-state index in [-0.39, 0.29) is 0 Å². The van der Waals surface area contributed by atoms with Gasteiger partial charge in [0.15, 0.2) is 5.82 Å². The molecule has 0 aliphatic carbocycles. The Morgan fingerprint density at radius 2 is 1.43 bits per heavy atom. The fraction of sp³-hybridized carbons (Fsp3) is 0. The van der Waals surface area contributed by atoms with Gasteiger partial charge in [-0.05, 0) is 47.0 Å². The van der Waals surface area contributed by atoms with Gasteiger partial charge in [-0.1, -0.05) is 60.7 Å². The van der Waals surface area contributed by atoms with Crippen LogP contribution in [0.2, 0.25) is 0 Å². The topological polar surface area (TPSA) is 28.2 Å². The summed E-state index contributed by atoms with van der Waals surface area (Å²) in [5.41, 5.74) is 3.14. The summed E-state index contributed by atoms with van der Waals surface area (Å²) in [6.45, 7) is 0. The van der Waals surface area contributed by atoms with Gasteiger partial charge in [0, 0.05) is 26.3 Å². The number of pyridine rings is 1. The first-order valence-corrected chi connectivity index (χ1v) is 10.6. The van der Waals surface area contributed by atoms with Gasteiger partial charge in [-0.3, -0.25) is 0 Å². The molecule has 2 atom stereocenters. The molecule has 2 unspecified atom stereocenters. The number of hydrogen-bond donors (Lipinski definition) is 1. The smallest absolute Gasteiger partial charge is 0.160 e. The highest BCUT2D eigenvalue weighted by Crippen LogP contribution is 2.39. The summed E-state index contributed by atoms with van der Waals surface area (Å²) < 4.78 is 2.27. The standard InChI is InChI=1S/C23H21N3P2/c27-20-13-15-21(16-14-20)28-26(19-10-5-2-6-11-19)23-22(12-7-17-24-23)25-18-8-3-1-4-9-18/h1-17,25,28H,27H2. The van der Waals surface area contributed by atoms with Gasteiger partial charge < -0.3 is 9.99 Å². The summed E-state index contributed by atoms with van der Waals surface area (Å²) in [5, 5.41) is 5.95. The van der Waals surface area contributed by atoms with Crippen molar-refractivity contribution >= 4 is 51.5 Å². The molecule has 0 aliphatic rings. The summed E-state index contributed by atoms with van der Waals surface area (Å²) in [6.07, 6.45) is 1.84. The van der Waals surface area contributed by atoms with Crippen molar-refractivity contribution in [1.29, 1.82) is 0 Å². The highest BCUT2D eigenvalue weighted by atomic mass is 31.1. The maximum atomic E-state index is 4.73. The first-order chi connectivity index (χ1) is 13.8. The van der Waals surface area contributed by atoms with E-state index in [0.717, 1.165) is 22.9 Å².